The summed E-state index contributed by atoms with van der Waals surface area (Å²) in [6, 6.07) is 6.23. The molecular formula is C16H26BrNOS. The molecule has 1 rings (SSSR count). The summed E-state index contributed by atoms with van der Waals surface area (Å²) in [7, 11) is 0. The Hall–Kier alpha value is -0.190. The van der Waals surface area contributed by atoms with Crippen LogP contribution in [-0.2, 0) is 6.54 Å². The van der Waals surface area contributed by atoms with Gasteiger partial charge in [0.1, 0.15) is 5.75 Å². The van der Waals surface area contributed by atoms with Crippen molar-refractivity contribution in [2.45, 2.75) is 39.2 Å². The summed E-state index contributed by atoms with van der Waals surface area (Å²) in [6.45, 7) is 4.86. The molecule has 114 valence electrons. The van der Waals surface area contributed by atoms with Crippen LogP contribution in [0.1, 0.15) is 38.2 Å². The molecular weight excluding hydrogens is 334 g/mol. The Morgan fingerprint density at radius 3 is 2.85 bits per heavy atom. The zero-order valence-corrected chi connectivity index (χ0v) is 15.0. The predicted octanol–water partition coefficient (Wildman–Crippen LogP) is 4.86. The van der Waals surface area contributed by atoms with Crippen molar-refractivity contribution in [3.8, 4) is 5.75 Å². The molecule has 0 fully saturated rings. The number of unbranched alkanes of at least 4 members (excludes halogenated alkanes) is 2. The molecule has 0 bridgehead atoms. The van der Waals surface area contributed by atoms with Gasteiger partial charge in [-0.05, 0) is 56.0 Å². The minimum Gasteiger partial charge on any atom is -0.493 e. The molecule has 2 nitrogen and oxygen atoms in total. The molecule has 0 amide bonds. The lowest BCUT2D eigenvalue weighted by molar-refractivity contribution is 0.313. The van der Waals surface area contributed by atoms with Crippen molar-refractivity contribution in [2.75, 3.05) is 25.2 Å². The molecule has 0 saturated carbocycles. The van der Waals surface area contributed by atoms with Gasteiger partial charge in [0, 0.05) is 16.6 Å². The summed E-state index contributed by atoms with van der Waals surface area (Å²) in [4.78, 5) is 0. The van der Waals surface area contributed by atoms with Gasteiger partial charge in [0.25, 0.3) is 0 Å². The molecule has 1 aromatic carbocycles. The molecule has 0 radical (unpaired) electrons. The van der Waals surface area contributed by atoms with Crippen LogP contribution >= 0.6 is 27.7 Å². The predicted molar refractivity (Wildman–Crippen MR) is 93.9 cm³/mol. The maximum atomic E-state index is 5.79. The van der Waals surface area contributed by atoms with Crippen molar-refractivity contribution in [1.29, 1.82) is 0 Å². The van der Waals surface area contributed by atoms with E-state index in [9.17, 15) is 0 Å². The molecule has 20 heavy (non-hydrogen) atoms. The highest BCUT2D eigenvalue weighted by Gasteiger charge is 2.04. The average Bonchev–Trinajstić information content (AvgIpc) is 2.45. The molecule has 0 aromatic heterocycles. The molecule has 0 aliphatic carbocycles. The largest absolute Gasteiger partial charge is 0.493 e. The summed E-state index contributed by atoms with van der Waals surface area (Å²) >= 11 is 5.46. The fourth-order valence-corrected chi connectivity index (χ4v) is 2.84. The van der Waals surface area contributed by atoms with E-state index in [2.05, 4.69) is 46.6 Å². The van der Waals surface area contributed by atoms with E-state index < -0.39 is 0 Å². The van der Waals surface area contributed by atoms with Gasteiger partial charge in [-0.3, -0.25) is 0 Å². The number of ether oxygens (including phenoxy) is 1. The van der Waals surface area contributed by atoms with Crippen molar-refractivity contribution in [2.24, 2.45) is 0 Å². The first-order chi connectivity index (χ1) is 9.77. The quantitative estimate of drug-likeness (QED) is 0.570. The van der Waals surface area contributed by atoms with E-state index in [1.165, 1.54) is 30.6 Å². The Bertz CT molecular complexity index is 373. The SMILES string of the molecule is CCCOc1ccc(Br)cc1CNCCCCCSC. The number of benzene rings is 1. The fourth-order valence-electron chi connectivity index (χ4n) is 1.94. The van der Waals surface area contributed by atoms with Gasteiger partial charge in [-0.25, -0.2) is 0 Å². The van der Waals surface area contributed by atoms with Crippen LogP contribution in [0.4, 0.5) is 0 Å². The van der Waals surface area contributed by atoms with Gasteiger partial charge in [-0.2, -0.15) is 11.8 Å². The third-order valence-electron chi connectivity index (χ3n) is 3.00. The Morgan fingerprint density at radius 2 is 2.10 bits per heavy atom. The second kappa shape index (κ2) is 11.5. The average molecular weight is 360 g/mol. The molecule has 1 aromatic rings. The summed E-state index contributed by atoms with van der Waals surface area (Å²) in [5.74, 6) is 2.28. The standard InChI is InChI=1S/C16H26BrNOS/c1-3-10-19-16-8-7-15(17)12-14(16)13-18-9-5-4-6-11-20-2/h7-8,12,18H,3-6,9-11,13H2,1-2H3. The normalized spacial score (nSPS) is 10.8. The van der Waals surface area contributed by atoms with Crippen LogP contribution in [0.2, 0.25) is 0 Å². The van der Waals surface area contributed by atoms with Crippen molar-refractivity contribution < 1.29 is 4.74 Å². The monoisotopic (exact) mass is 359 g/mol. The number of hydrogen-bond acceptors (Lipinski definition) is 3. The molecule has 0 aliphatic rings. The number of hydrogen-bond donors (Lipinski definition) is 1. The first-order valence-electron chi connectivity index (χ1n) is 7.38. The van der Waals surface area contributed by atoms with E-state index in [1.54, 1.807) is 0 Å². The highest BCUT2D eigenvalue weighted by molar-refractivity contribution is 9.10. The van der Waals surface area contributed by atoms with Crippen LogP contribution in [0.25, 0.3) is 0 Å². The third-order valence-corrected chi connectivity index (χ3v) is 4.19. The van der Waals surface area contributed by atoms with Crippen molar-refractivity contribution in [3.05, 3.63) is 28.2 Å². The van der Waals surface area contributed by atoms with Crippen molar-refractivity contribution in [1.82, 2.24) is 5.32 Å². The molecule has 0 saturated heterocycles. The Morgan fingerprint density at radius 1 is 1.25 bits per heavy atom. The van der Waals surface area contributed by atoms with Crippen molar-refractivity contribution >= 4 is 27.7 Å². The maximum Gasteiger partial charge on any atom is 0.123 e. The highest BCUT2D eigenvalue weighted by Crippen LogP contribution is 2.23. The van der Waals surface area contributed by atoms with E-state index in [4.69, 9.17) is 4.74 Å². The lowest BCUT2D eigenvalue weighted by Gasteiger charge is -2.12. The zero-order valence-electron chi connectivity index (χ0n) is 12.6. The first-order valence-corrected chi connectivity index (χ1v) is 9.57. The third kappa shape index (κ3) is 7.55. The van der Waals surface area contributed by atoms with Gasteiger partial charge in [0.2, 0.25) is 0 Å². The van der Waals surface area contributed by atoms with Crippen molar-refractivity contribution in [3.63, 3.8) is 0 Å². The molecule has 0 unspecified atom stereocenters. The van der Waals surface area contributed by atoms with Gasteiger partial charge in [0.05, 0.1) is 6.61 Å². The van der Waals surface area contributed by atoms with Crippen LogP contribution in [0.15, 0.2) is 22.7 Å². The zero-order chi connectivity index (χ0) is 14.6. The van der Waals surface area contributed by atoms with Crippen LogP contribution in [0, 0.1) is 0 Å². The van der Waals surface area contributed by atoms with E-state index in [1.807, 2.05) is 17.8 Å². The number of thioether (sulfide) groups is 1. The van der Waals surface area contributed by atoms with Gasteiger partial charge < -0.3 is 10.1 Å². The molecule has 0 spiro atoms. The Balaban J connectivity index is 2.32. The second-order valence-electron chi connectivity index (χ2n) is 4.83. The maximum absolute atomic E-state index is 5.79. The summed E-state index contributed by atoms with van der Waals surface area (Å²) < 4.78 is 6.90. The van der Waals surface area contributed by atoms with E-state index >= 15 is 0 Å². The number of nitrogens with one attached hydrogen (secondary N) is 1. The minimum atomic E-state index is 0.781. The van der Waals surface area contributed by atoms with Gasteiger partial charge >= 0.3 is 0 Å². The molecule has 0 aliphatic heterocycles. The van der Waals surface area contributed by atoms with Gasteiger partial charge in [0.15, 0.2) is 0 Å². The molecule has 0 atom stereocenters. The molecule has 4 heteroatoms. The van der Waals surface area contributed by atoms with E-state index in [0.717, 1.165) is 36.3 Å². The van der Waals surface area contributed by atoms with E-state index in [-0.39, 0.29) is 0 Å². The van der Waals surface area contributed by atoms with E-state index in [0.29, 0.717) is 0 Å². The highest BCUT2D eigenvalue weighted by atomic mass is 79.9. The fraction of sp³-hybridized carbons (Fsp3) is 0.625. The molecule has 1 N–H and O–H groups in total. The van der Waals surface area contributed by atoms with Crippen LogP contribution in [-0.4, -0.2) is 25.2 Å². The Labute approximate surface area is 136 Å². The minimum absolute atomic E-state index is 0.781. The van der Waals surface area contributed by atoms with Crippen LogP contribution in [0.3, 0.4) is 0 Å². The summed E-state index contributed by atoms with van der Waals surface area (Å²) in [5, 5.41) is 3.52. The topological polar surface area (TPSA) is 21.3 Å². The van der Waals surface area contributed by atoms with Gasteiger partial charge in [-0.15, -0.1) is 0 Å². The Kier molecular flexibility index (Phi) is 10.2. The van der Waals surface area contributed by atoms with Gasteiger partial charge in [-0.1, -0.05) is 29.3 Å². The summed E-state index contributed by atoms with van der Waals surface area (Å²) in [5.41, 5.74) is 1.23. The van der Waals surface area contributed by atoms with Crippen LogP contribution < -0.4 is 10.1 Å². The second-order valence-corrected chi connectivity index (χ2v) is 6.73. The lowest BCUT2D eigenvalue weighted by Crippen LogP contribution is -2.15. The molecule has 0 heterocycles. The smallest absolute Gasteiger partial charge is 0.123 e. The number of rotatable bonds is 11. The van der Waals surface area contributed by atoms with Crippen LogP contribution in [0.5, 0.6) is 5.75 Å². The lowest BCUT2D eigenvalue weighted by atomic mass is 10.2. The number of halogens is 1. The summed E-state index contributed by atoms with van der Waals surface area (Å²) in [6.07, 6.45) is 7.09. The first kappa shape index (κ1) is 17.9.